The van der Waals surface area contributed by atoms with Gasteiger partial charge < -0.3 is 15.6 Å². The number of aliphatic hydroxyl groups is 1. The van der Waals surface area contributed by atoms with Gasteiger partial charge in [0.25, 0.3) is 0 Å². The Morgan fingerprint density at radius 2 is 2.27 bits per heavy atom. The molecule has 0 aliphatic heterocycles. The van der Waals surface area contributed by atoms with Crippen LogP contribution in [0.25, 0.3) is 0 Å². The standard InChI is InChI=1S/C19H27NO2/c1-15-6-9-17(10-7-15)19(21)11-8-16-4-2-5-18(14-16)22-13-3-12-20/h2,4-6,9-10,14-15,19,21H,3,7-8,11-13,20H2,1H3. The highest BCUT2D eigenvalue weighted by Gasteiger charge is 2.12. The fourth-order valence-corrected chi connectivity index (χ4v) is 2.53. The lowest BCUT2D eigenvalue weighted by Crippen LogP contribution is -2.12. The van der Waals surface area contributed by atoms with Gasteiger partial charge in [0, 0.05) is 0 Å². The van der Waals surface area contributed by atoms with Crippen LogP contribution in [0.5, 0.6) is 5.75 Å². The van der Waals surface area contributed by atoms with Gasteiger partial charge in [0.2, 0.25) is 0 Å². The van der Waals surface area contributed by atoms with Crippen molar-refractivity contribution in [2.24, 2.45) is 11.7 Å². The molecule has 1 aliphatic carbocycles. The van der Waals surface area contributed by atoms with E-state index in [1.807, 2.05) is 12.1 Å². The molecular weight excluding hydrogens is 274 g/mol. The fraction of sp³-hybridized carbons (Fsp3) is 0.474. The Balaban J connectivity index is 1.83. The Bertz CT molecular complexity index is 522. The van der Waals surface area contributed by atoms with E-state index in [0.29, 0.717) is 19.1 Å². The van der Waals surface area contributed by atoms with E-state index in [9.17, 15) is 5.11 Å². The molecule has 1 aliphatic rings. The van der Waals surface area contributed by atoms with Gasteiger partial charge in [-0.05, 0) is 61.4 Å². The molecule has 0 heterocycles. The van der Waals surface area contributed by atoms with Crippen molar-refractivity contribution in [2.75, 3.05) is 13.2 Å². The molecule has 120 valence electrons. The molecule has 2 atom stereocenters. The van der Waals surface area contributed by atoms with Crippen LogP contribution in [-0.4, -0.2) is 24.4 Å². The van der Waals surface area contributed by atoms with E-state index in [0.717, 1.165) is 37.0 Å². The van der Waals surface area contributed by atoms with Gasteiger partial charge in [0.1, 0.15) is 5.75 Å². The van der Waals surface area contributed by atoms with Gasteiger partial charge in [-0.1, -0.05) is 37.3 Å². The summed E-state index contributed by atoms with van der Waals surface area (Å²) in [6, 6.07) is 8.09. The van der Waals surface area contributed by atoms with Gasteiger partial charge in [-0.2, -0.15) is 0 Å². The Kier molecular flexibility index (Phi) is 6.69. The van der Waals surface area contributed by atoms with Crippen LogP contribution in [0.3, 0.4) is 0 Å². The van der Waals surface area contributed by atoms with Gasteiger partial charge in [-0.3, -0.25) is 0 Å². The molecule has 0 spiro atoms. The topological polar surface area (TPSA) is 55.5 Å². The monoisotopic (exact) mass is 301 g/mol. The Labute approximate surface area is 133 Å². The van der Waals surface area contributed by atoms with Crippen molar-refractivity contribution in [3.63, 3.8) is 0 Å². The minimum atomic E-state index is -0.384. The zero-order valence-corrected chi connectivity index (χ0v) is 13.4. The van der Waals surface area contributed by atoms with Crippen molar-refractivity contribution in [3.8, 4) is 5.75 Å². The smallest absolute Gasteiger partial charge is 0.119 e. The van der Waals surface area contributed by atoms with Crippen LogP contribution in [0.2, 0.25) is 0 Å². The fourth-order valence-electron chi connectivity index (χ4n) is 2.53. The van der Waals surface area contributed by atoms with Crippen LogP contribution in [0, 0.1) is 5.92 Å². The Morgan fingerprint density at radius 1 is 1.41 bits per heavy atom. The first kappa shape index (κ1) is 16.8. The van der Waals surface area contributed by atoms with Gasteiger partial charge in [-0.15, -0.1) is 0 Å². The zero-order valence-electron chi connectivity index (χ0n) is 13.4. The van der Waals surface area contributed by atoms with E-state index >= 15 is 0 Å². The minimum absolute atomic E-state index is 0.384. The maximum atomic E-state index is 10.3. The van der Waals surface area contributed by atoms with Crippen molar-refractivity contribution in [2.45, 2.75) is 38.7 Å². The van der Waals surface area contributed by atoms with E-state index in [-0.39, 0.29) is 6.10 Å². The highest BCUT2D eigenvalue weighted by Crippen LogP contribution is 2.21. The molecule has 0 bridgehead atoms. The molecule has 1 aromatic rings. The summed E-state index contributed by atoms with van der Waals surface area (Å²) >= 11 is 0. The molecule has 0 saturated heterocycles. The SMILES string of the molecule is CC1C=CC(C(O)CCc2cccc(OCCCN)c2)=CC1. The summed E-state index contributed by atoms with van der Waals surface area (Å²) in [6.45, 7) is 3.48. The second kappa shape index (κ2) is 8.76. The van der Waals surface area contributed by atoms with E-state index < -0.39 is 0 Å². The van der Waals surface area contributed by atoms with Crippen LogP contribution >= 0.6 is 0 Å². The number of aryl methyl sites for hydroxylation is 1. The molecule has 2 rings (SSSR count). The van der Waals surface area contributed by atoms with Crippen molar-refractivity contribution in [3.05, 3.63) is 53.6 Å². The van der Waals surface area contributed by atoms with Crippen molar-refractivity contribution in [1.29, 1.82) is 0 Å². The molecular formula is C19H27NO2. The molecule has 1 aromatic carbocycles. The third-order valence-electron chi connectivity index (χ3n) is 3.95. The molecule has 3 N–H and O–H groups in total. The van der Waals surface area contributed by atoms with Gasteiger partial charge >= 0.3 is 0 Å². The quantitative estimate of drug-likeness (QED) is 0.725. The first-order valence-electron chi connectivity index (χ1n) is 8.17. The average Bonchev–Trinajstić information content (AvgIpc) is 2.54. The number of nitrogens with two attached hydrogens (primary N) is 1. The lowest BCUT2D eigenvalue weighted by Gasteiger charge is -2.17. The second-order valence-corrected chi connectivity index (χ2v) is 5.97. The zero-order chi connectivity index (χ0) is 15.8. The Morgan fingerprint density at radius 3 is 3.00 bits per heavy atom. The number of ether oxygens (including phenoxy) is 1. The van der Waals surface area contributed by atoms with Crippen LogP contribution in [-0.2, 0) is 6.42 Å². The minimum Gasteiger partial charge on any atom is -0.494 e. The van der Waals surface area contributed by atoms with E-state index in [4.69, 9.17) is 10.5 Å². The lowest BCUT2D eigenvalue weighted by molar-refractivity contribution is 0.203. The second-order valence-electron chi connectivity index (χ2n) is 5.97. The van der Waals surface area contributed by atoms with E-state index in [1.165, 1.54) is 5.56 Å². The molecule has 0 fully saturated rings. The third-order valence-corrected chi connectivity index (χ3v) is 3.95. The largest absolute Gasteiger partial charge is 0.494 e. The van der Waals surface area contributed by atoms with Gasteiger partial charge in [0.15, 0.2) is 0 Å². The molecule has 0 saturated carbocycles. The summed E-state index contributed by atoms with van der Waals surface area (Å²) in [4.78, 5) is 0. The average molecular weight is 301 g/mol. The highest BCUT2D eigenvalue weighted by atomic mass is 16.5. The summed E-state index contributed by atoms with van der Waals surface area (Å²) in [5.41, 5.74) is 7.71. The number of hydrogen-bond donors (Lipinski definition) is 2. The maximum absolute atomic E-state index is 10.3. The van der Waals surface area contributed by atoms with Crippen LogP contribution in [0.4, 0.5) is 0 Å². The van der Waals surface area contributed by atoms with E-state index in [2.05, 4.69) is 37.3 Å². The van der Waals surface area contributed by atoms with Gasteiger partial charge in [-0.25, -0.2) is 0 Å². The van der Waals surface area contributed by atoms with Crippen LogP contribution < -0.4 is 10.5 Å². The number of aliphatic hydroxyl groups excluding tert-OH is 1. The number of allylic oxidation sites excluding steroid dienone is 2. The van der Waals surface area contributed by atoms with Crippen LogP contribution in [0.1, 0.15) is 31.7 Å². The molecule has 3 heteroatoms. The highest BCUT2D eigenvalue weighted by molar-refractivity contribution is 5.30. The molecule has 0 radical (unpaired) electrons. The predicted octanol–water partition coefficient (Wildman–Crippen LogP) is 3.23. The van der Waals surface area contributed by atoms with Crippen LogP contribution in [0.15, 0.2) is 48.1 Å². The summed E-state index contributed by atoms with van der Waals surface area (Å²) in [5.74, 6) is 1.46. The molecule has 0 aromatic heterocycles. The van der Waals surface area contributed by atoms with Crippen molar-refractivity contribution < 1.29 is 9.84 Å². The molecule has 0 amide bonds. The Hall–Kier alpha value is -1.58. The molecule has 3 nitrogen and oxygen atoms in total. The lowest BCUT2D eigenvalue weighted by atomic mass is 9.93. The maximum Gasteiger partial charge on any atom is 0.119 e. The molecule has 2 unspecified atom stereocenters. The summed E-state index contributed by atoms with van der Waals surface area (Å²) in [5, 5.41) is 10.3. The number of benzene rings is 1. The summed E-state index contributed by atoms with van der Waals surface area (Å²) < 4.78 is 5.66. The third kappa shape index (κ3) is 5.32. The number of rotatable bonds is 8. The van der Waals surface area contributed by atoms with E-state index in [1.54, 1.807) is 0 Å². The van der Waals surface area contributed by atoms with Crippen molar-refractivity contribution in [1.82, 2.24) is 0 Å². The van der Waals surface area contributed by atoms with Crippen molar-refractivity contribution >= 4 is 0 Å². The van der Waals surface area contributed by atoms with Gasteiger partial charge in [0.05, 0.1) is 12.7 Å². The molecule has 22 heavy (non-hydrogen) atoms. The normalized spacial score (nSPS) is 18.9. The number of hydrogen-bond acceptors (Lipinski definition) is 3. The summed E-state index contributed by atoms with van der Waals surface area (Å²) in [6.07, 6.45) is 9.46. The summed E-state index contributed by atoms with van der Waals surface area (Å²) in [7, 11) is 0. The first-order valence-corrected chi connectivity index (χ1v) is 8.17. The first-order chi connectivity index (χ1) is 10.7. The predicted molar refractivity (Wildman–Crippen MR) is 90.9 cm³/mol.